The van der Waals surface area contributed by atoms with E-state index in [1.165, 1.54) is 37.7 Å². The van der Waals surface area contributed by atoms with Crippen LogP contribution in [-0.4, -0.2) is 5.91 Å². The number of hydrogen-bond acceptors (Lipinski definition) is 1. The number of nitrogens with one attached hydrogen (secondary N) is 1. The predicted molar refractivity (Wildman–Crippen MR) is 132 cm³/mol. The minimum Gasteiger partial charge on any atom is -0.323 e. The summed E-state index contributed by atoms with van der Waals surface area (Å²) in [6.07, 6.45) is 10.3. The van der Waals surface area contributed by atoms with Crippen LogP contribution in [0.4, 0.5) is 5.69 Å². The topological polar surface area (TPSA) is 29.1 Å². The van der Waals surface area contributed by atoms with Crippen LogP contribution in [-0.2, 0) is 4.79 Å². The molecular formula is C26H36INO. The molecule has 2 aliphatic carbocycles. The lowest BCUT2D eigenvalue weighted by atomic mass is 9.47. The summed E-state index contributed by atoms with van der Waals surface area (Å²) in [6.45, 7) is 14.0. The lowest BCUT2D eigenvalue weighted by molar-refractivity contribution is -0.112. The molecule has 0 aromatic heterocycles. The number of carbonyl (C=O) groups excluding carboxylic acids is 1. The van der Waals surface area contributed by atoms with Gasteiger partial charge in [-0.1, -0.05) is 44.9 Å². The SMILES string of the molecule is C=C1CC[C@@H]2C(C)(C)CCC[C@@]2(C)[C@@H]1CC/C(C)=C/C(=O)Nc1ccc(I)cc1. The summed E-state index contributed by atoms with van der Waals surface area (Å²) in [5.41, 5.74) is 4.24. The molecule has 0 unspecified atom stereocenters. The molecule has 2 aliphatic rings. The molecule has 2 saturated carbocycles. The molecule has 0 saturated heterocycles. The molecule has 2 fully saturated rings. The van der Waals surface area contributed by atoms with Crippen LogP contribution in [0.1, 0.15) is 72.6 Å². The number of rotatable bonds is 5. The smallest absolute Gasteiger partial charge is 0.248 e. The van der Waals surface area contributed by atoms with E-state index in [2.05, 4.69) is 62.2 Å². The molecule has 1 aromatic rings. The van der Waals surface area contributed by atoms with Crippen molar-refractivity contribution in [3.05, 3.63) is 51.6 Å². The Kier molecular flexibility index (Phi) is 6.97. The van der Waals surface area contributed by atoms with Gasteiger partial charge in [-0.25, -0.2) is 0 Å². The van der Waals surface area contributed by atoms with Crippen LogP contribution >= 0.6 is 22.6 Å². The summed E-state index contributed by atoms with van der Waals surface area (Å²) in [6, 6.07) is 7.90. The fourth-order valence-electron chi connectivity index (χ4n) is 6.19. The van der Waals surface area contributed by atoms with Gasteiger partial charge in [-0.05, 0) is 115 Å². The fraction of sp³-hybridized carbons (Fsp3) is 0.577. The zero-order valence-corrected chi connectivity index (χ0v) is 20.6. The van der Waals surface area contributed by atoms with Crippen molar-refractivity contribution >= 4 is 34.2 Å². The average molecular weight is 505 g/mol. The van der Waals surface area contributed by atoms with Gasteiger partial charge in [0.15, 0.2) is 0 Å². The van der Waals surface area contributed by atoms with Crippen molar-refractivity contribution < 1.29 is 4.79 Å². The maximum absolute atomic E-state index is 12.4. The fourth-order valence-corrected chi connectivity index (χ4v) is 6.55. The number of fused-ring (bicyclic) bond motifs is 1. The van der Waals surface area contributed by atoms with Crippen molar-refractivity contribution in [1.82, 2.24) is 0 Å². The molecule has 0 aliphatic heterocycles. The number of anilines is 1. The largest absolute Gasteiger partial charge is 0.323 e. The summed E-state index contributed by atoms with van der Waals surface area (Å²) in [4.78, 5) is 12.4. The van der Waals surface area contributed by atoms with E-state index < -0.39 is 0 Å². The molecule has 0 radical (unpaired) electrons. The average Bonchev–Trinajstić information content (AvgIpc) is 2.62. The van der Waals surface area contributed by atoms with Gasteiger partial charge in [-0.2, -0.15) is 0 Å². The molecular weight excluding hydrogens is 469 g/mol. The van der Waals surface area contributed by atoms with Gasteiger partial charge in [0.05, 0.1) is 0 Å². The van der Waals surface area contributed by atoms with Crippen molar-refractivity contribution in [3.63, 3.8) is 0 Å². The Labute approximate surface area is 190 Å². The van der Waals surface area contributed by atoms with E-state index in [0.717, 1.165) is 33.6 Å². The summed E-state index contributed by atoms with van der Waals surface area (Å²) in [5.74, 6) is 1.32. The van der Waals surface area contributed by atoms with Crippen molar-refractivity contribution in [2.75, 3.05) is 5.32 Å². The first-order valence-corrected chi connectivity index (χ1v) is 12.1. The van der Waals surface area contributed by atoms with Crippen LogP contribution in [0, 0.1) is 26.2 Å². The van der Waals surface area contributed by atoms with E-state index in [1.807, 2.05) is 24.3 Å². The van der Waals surface area contributed by atoms with Gasteiger partial charge in [-0.15, -0.1) is 0 Å². The Hall–Kier alpha value is -1.10. The molecule has 2 nitrogen and oxygen atoms in total. The molecule has 3 atom stereocenters. The highest BCUT2D eigenvalue weighted by Crippen LogP contribution is 2.61. The Morgan fingerprint density at radius 3 is 2.62 bits per heavy atom. The number of allylic oxidation sites excluding steroid dienone is 2. The number of benzene rings is 1. The normalized spacial score (nSPS) is 29.3. The molecule has 0 spiro atoms. The quantitative estimate of drug-likeness (QED) is 0.247. The van der Waals surface area contributed by atoms with Gasteiger partial charge >= 0.3 is 0 Å². The van der Waals surface area contributed by atoms with Gasteiger partial charge in [0, 0.05) is 15.3 Å². The molecule has 158 valence electrons. The first-order chi connectivity index (χ1) is 13.6. The van der Waals surface area contributed by atoms with E-state index in [9.17, 15) is 4.79 Å². The number of carbonyl (C=O) groups is 1. The predicted octanol–water partition coefficient (Wildman–Crippen LogP) is 7.76. The number of amides is 1. The molecule has 1 aromatic carbocycles. The summed E-state index contributed by atoms with van der Waals surface area (Å²) < 4.78 is 1.16. The molecule has 29 heavy (non-hydrogen) atoms. The summed E-state index contributed by atoms with van der Waals surface area (Å²) in [5, 5.41) is 2.97. The lowest BCUT2D eigenvalue weighted by Crippen LogP contribution is -2.49. The highest BCUT2D eigenvalue weighted by molar-refractivity contribution is 14.1. The third-order valence-corrected chi connectivity index (χ3v) is 8.35. The van der Waals surface area contributed by atoms with Crippen LogP contribution in [0.3, 0.4) is 0 Å². The van der Waals surface area contributed by atoms with Crippen LogP contribution in [0.15, 0.2) is 48.1 Å². The molecule has 1 amide bonds. The third kappa shape index (κ3) is 5.15. The van der Waals surface area contributed by atoms with Gasteiger partial charge < -0.3 is 5.32 Å². The van der Waals surface area contributed by atoms with Crippen molar-refractivity contribution in [2.45, 2.75) is 72.6 Å². The maximum atomic E-state index is 12.4. The van der Waals surface area contributed by atoms with Crippen LogP contribution in [0.2, 0.25) is 0 Å². The van der Waals surface area contributed by atoms with Crippen LogP contribution in [0.25, 0.3) is 0 Å². The minimum absolute atomic E-state index is 0.0333. The summed E-state index contributed by atoms with van der Waals surface area (Å²) >= 11 is 2.27. The van der Waals surface area contributed by atoms with Gasteiger partial charge in [0.2, 0.25) is 5.91 Å². The molecule has 3 rings (SSSR count). The zero-order chi connectivity index (χ0) is 21.2. The Balaban J connectivity index is 1.64. The number of hydrogen-bond donors (Lipinski definition) is 1. The molecule has 0 heterocycles. The Morgan fingerprint density at radius 1 is 1.24 bits per heavy atom. The molecule has 0 bridgehead atoms. The van der Waals surface area contributed by atoms with Gasteiger partial charge in [-0.3, -0.25) is 4.79 Å². The van der Waals surface area contributed by atoms with Crippen molar-refractivity contribution in [3.8, 4) is 0 Å². The first kappa shape index (κ1) is 22.6. The first-order valence-electron chi connectivity index (χ1n) is 11.0. The van der Waals surface area contributed by atoms with Gasteiger partial charge in [0.1, 0.15) is 0 Å². The molecule has 3 heteroatoms. The monoisotopic (exact) mass is 505 g/mol. The van der Waals surface area contributed by atoms with E-state index in [1.54, 1.807) is 6.08 Å². The standard InChI is InChI=1S/C26H36INO/c1-18(17-24(29)28-21-11-9-20(27)10-12-21)7-13-22-19(2)8-14-23-25(3,4)15-6-16-26(22,23)5/h9-12,17,22-23H,2,6-8,13-16H2,1,3-5H3,(H,28,29)/b18-17+/t22-,23-,26+/m1/s1. The maximum Gasteiger partial charge on any atom is 0.248 e. The van der Waals surface area contributed by atoms with E-state index in [4.69, 9.17) is 0 Å². The van der Waals surface area contributed by atoms with E-state index >= 15 is 0 Å². The lowest BCUT2D eigenvalue weighted by Gasteiger charge is -2.58. The minimum atomic E-state index is -0.0333. The van der Waals surface area contributed by atoms with Gasteiger partial charge in [0.25, 0.3) is 0 Å². The second-order valence-electron chi connectivity index (χ2n) is 10.2. The Bertz CT molecular complexity index is 791. The van der Waals surface area contributed by atoms with E-state index in [-0.39, 0.29) is 5.91 Å². The zero-order valence-electron chi connectivity index (χ0n) is 18.5. The Morgan fingerprint density at radius 2 is 1.93 bits per heavy atom. The highest BCUT2D eigenvalue weighted by atomic mass is 127. The molecule has 1 N–H and O–H groups in total. The van der Waals surface area contributed by atoms with Crippen molar-refractivity contribution in [1.29, 1.82) is 0 Å². The van der Waals surface area contributed by atoms with E-state index in [0.29, 0.717) is 16.7 Å². The third-order valence-electron chi connectivity index (χ3n) is 7.64. The highest BCUT2D eigenvalue weighted by Gasteiger charge is 2.52. The second-order valence-corrected chi connectivity index (χ2v) is 11.4. The van der Waals surface area contributed by atoms with Crippen LogP contribution < -0.4 is 5.32 Å². The number of halogens is 1. The van der Waals surface area contributed by atoms with Crippen molar-refractivity contribution in [2.24, 2.45) is 22.7 Å². The summed E-state index contributed by atoms with van der Waals surface area (Å²) in [7, 11) is 0. The van der Waals surface area contributed by atoms with Crippen LogP contribution in [0.5, 0.6) is 0 Å². The second kappa shape index (κ2) is 8.95.